The van der Waals surface area contributed by atoms with Crippen molar-refractivity contribution in [1.29, 1.82) is 0 Å². The first-order chi connectivity index (χ1) is 18.4. The zero-order valence-corrected chi connectivity index (χ0v) is 22.5. The summed E-state index contributed by atoms with van der Waals surface area (Å²) in [5.41, 5.74) is 4.02. The second-order valence-electron chi connectivity index (χ2n) is 10.3. The van der Waals surface area contributed by atoms with Crippen molar-refractivity contribution in [1.82, 2.24) is 4.90 Å². The third kappa shape index (κ3) is 4.95. The molecule has 2 atom stereocenters. The van der Waals surface area contributed by atoms with Gasteiger partial charge in [-0.2, -0.15) is 0 Å². The molecule has 2 unspecified atom stereocenters. The van der Waals surface area contributed by atoms with E-state index in [1.165, 1.54) is 0 Å². The number of hydrogen-bond donors (Lipinski definition) is 0. The number of Topliss-reactive ketones (excluding diaryl/α,β-unsaturated/α-hetero) is 1. The minimum absolute atomic E-state index is 0.128. The van der Waals surface area contributed by atoms with E-state index in [-0.39, 0.29) is 36.5 Å². The molecule has 2 aliphatic heterocycles. The normalized spacial score (nSPS) is 18.8. The lowest BCUT2D eigenvalue weighted by Crippen LogP contribution is -2.47. The highest BCUT2D eigenvalue weighted by atomic mass is 16.5. The summed E-state index contributed by atoms with van der Waals surface area (Å²) in [5, 5.41) is 1.02. The van der Waals surface area contributed by atoms with Crippen molar-refractivity contribution < 1.29 is 28.2 Å². The van der Waals surface area contributed by atoms with E-state index in [9.17, 15) is 9.59 Å². The molecule has 0 spiro atoms. The topological polar surface area (TPSA) is 78.2 Å². The highest BCUT2D eigenvalue weighted by molar-refractivity contribution is 6.17. The van der Waals surface area contributed by atoms with Crippen LogP contribution in [-0.4, -0.2) is 49.6 Å². The molecule has 7 heteroatoms. The number of ether oxygens (including phenoxy) is 3. The molecular weight excluding hydrogens is 482 g/mol. The molecule has 0 saturated carbocycles. The predicted molar refractivity (Wildman–Crippen MR) is 145 cm³/mol. The first kappa shape index (κ1) is 26.0. The summed E-state index contributed by atoms with van der Waals surface area (Å²) in [6.45, 7) is 7.47. The lowest BCUT2D eigenvalue weighted by Gasteiger charge is -2.47. The van der Waals surface area contributed by atoms with Crippen LogP contribution in [0.1, 0.15) is 50.8 Å². The molecule has 0 aliphatic carbocycles. The Balaban J connectivity index is 1.60. The van der Waals surface area contributed by atoms with Crippen LogP contribution in [0.15, 0.2) is 58.7 Å². The molecule has 200 valence electrons. The molecule has 0 amide bonds. The molecule has 5 rings (SSSR count). The van der Waals surface area contributed by atoms with Gasteiger partial charge in [-0.1, -0.05) is 32.0 Å². The first-order valence-corrected chi connectivity index (χ1v) is 13.4. The average molecular weight is 518 g/mol. The van der Waals surface area contributed by atoms with E-state index in [1.807, 2.05) is 30.3 Å². The Kier molecular flexibility index (Phi) is 7.56. The van der Waals surface area contributed by atoms with Gasteiger partial charge in [0.25, 0.3) is 0 Å². The minimum Gasteiger partial charge on any atom is -0.493 e. The van der Waals surface area contributed by atoms with Crippen LogP contribution in [0.25, 0.3) is 22.3 Å². The van der Waals surface area contributed by atoms with E-state index in [4.69, 9.17) is 18.6 Å². The maximum absolute atomic E-state index is 13.1. The number of ketones is 1. The van der Waals surface area contributed by atoms with Crippen molar-refractivity contribution in [2.24, 2.45) is 5.92 Å². The molecule has 0 saturated heterocycles. The molecular formula is C31H35NO6. The fourth-order valence-corrected chi connectivity index (χ4v) is 5.52. The first-order valence-electron chi connectivity index (χ1n) is 13.4. The molecule has 7 nitrogen and oxygen atoms in total. The molecule has 2 aromatic carbocycles. The number of rotatable bonds is 9. The Morgan fingerprint density at radius 3 is 2.68 bits per heavy atom. The Hall–Kier alpha value is -3.58. The molecule has 3 aromatic rings. The zero-order valence-electron chi connectivity index (χ0n) is 22.5. The number of para-hydroxylation sites is 1. The summed E-state index contributed by atoms with van der Waals surface area (Å²) in [7, 11) is 1.68. The Morgan fingerprint density at radius 1 is 1.13 bits per heavy atom. The Bertz CT molecular complexity index is 1340. The van der Waals surface area contributed by atoms with Gasteiger partial charge in [-0.25, -0.2) is 4.79 Å². The van der Waals surface area contributed by atoms with Gasteiger partial charge >= 0.3 is 5.97 Å². The number of carbonyl (C=O) groups is 2. The van der Waals surface area contributed by atoms with Crippen LogP contribution in [0, 0.1) is 5.92 Å². The fourth-order valence-electron chi connectivity index (χ4n) is 5.52. The van der Waals surface area contributed by atoms with Crippen LogP contribution in [0.5, 0.6) is 5.75 Å². The lowest BCUT2D eigenvalue weighted by molar-refractivity contribution is -0.140. The van der Waals surface area contributed by atoms with Gasteiger partial charge in [0.05, 0.1) is 24.8 Å². The Labute approximate surface area is 223 Å². The third-order valence-electron chi connectivity index (χ3n) is 7.44. The average Bonchev–Trinajstić information content (AvgIpc) is 3.34. The van der Waals surface area contributed by atoms with Crippen LogP contribution in [0.3, 0.4) is 0 Å². The van der Waals surface area contributed by atoms with Crippen LogP contribution in [0.4, 0.5) is 0 Å². The highest BCUT2D eigenvalue weighted by Gasteiger charge is 2.41. The molecule has 0 radical (unpaired) electrons. The second kappa shape index (κ2) is 11.0. The number of benzene rings is 2. The molecule has 2 aliphatic rings. The van der Waals surface area contributed by atoms with Crippen LogP contribution >= 0.6 is 0 Å². The van der Waals surface area contributed by atoms with Crippen molar-refractivity contribution >= 4 is 22.7 Å². The van der Waals surface area contributed by atoms with Gasteiger partial charge in [0.2, 0.25) is 0 Å². The lowest BCUT2D eigenvalue weighted by atomic mass is 9.79. The van der Waals surface area contributed by atoms with Crippen molar-refractivity contribution in [2.45, 2.75) is 52.1 Å². The maximum atomic E-state index is 13.1. The number of furan rings is 1. The number of fused-ring (bicyclic) bond motifs is 4. The molecule has 0 fully saturated rings. The molecule has 1 aromatic heterocycles. The quantitative estimate of drug-likeness (QED) is 0.200. The summed E-state index contributed by atoms with van der Waals surface area (Å²) >= 11 is 0. The highest BCUT2D eigenvalue weighted by Crippen LogP contribution is 2.46. The maximum Gasteiger partial charge on any atom is 0.343 e. The summed E-state index contributed by atoms with van der Waals surface area (Å²) in [6, 6.07) is 14.1. The SMILES string of the molecule is CCOC(=O)C1=CN2C(CC1=O)c1cc(-c3cc4ccccc4o3)c(OCCCOC)cc1CC2C(C)C. The minimum atomic E-state index is -0.549. The van der Waals surface area contributed by atoms with Gasteiger partial charge in [0.1, 0.15) is 22.7 Å². The van der Waals surface area contributed by atoms with Crippen LogP contribution in [0.2, 0.25) is 0 Å². The third-order valence-corrected chi connectivity index (χ3v) is 7.44. The van der Waals surface area contributed by atoms with Gasteiger partial charge in [-0.05, 0) is 54.7 Å². The Morgan fingerprint density at radius 2 is 1.95 bits per heavy atom. The van der Waals surface area contributed by atoms with Gasteiger partial charge in [-0.15, -0.1) is 0 Å². The second-order valence-corrected chi connectivity index (χ2v) is 10.3. The van der Waals surface area contributed by atoms with Crippen molar-refractivity contribution in [3.05, 3.63) is 65.4 Å². The molecule has 38 heavy (non-hydrogen) atoms. The summed E-state index contributed by atoms with van der Waals surface area (Å²) in [6.07, 6.45) is 3.50. The van der Waals surface area contributed by atoms with E-state index in [2.05, 4.69) is 30.9 Å². The smallest absolute Gasteiger partial charge is 0.343 e. The predicted octanol–water partition coefficient (Wildman–Crippen LogP) is 5.86. The number of hydrogen-bond acceptors (Lipinski definition) is 7. The van der Waals surface area contributed by atoms with Crippen LogP contribution in [-0.2, 0) is 25.5 Å². The van der Waals surface area contributed by atoms with E-state index in [0.29, 0.717) is 19.1 Å². The molecule has 0 bridgehead atoms. The van der Waals surface area contributed by atoms with E-state index in [0.717, 1.165) is 52.0 Å². The van der Waals surface area contributed by atoms with E-state index < -0.39 is 5.97 Å². The van der Waals surface area contributed by atoms with Gasteiger partial charge < -0.3 is 23.5 Å². The summed E-state index contributed by atoms with van der Waals surface area (Å²) < 4.78 is 22.9. The summed E-state index contributed by atoms with van der Waals surface area (Å²) in [4.78, 5) is 27.9. The molecule has 3 heterocycles. The van der Waals surface area contributed by atoms with E-state index in [1.54, 1.807) is 20.2 Å². The largest absolute Gasteiger partial charge is 0.493 e. The van der Waals surface area contributed by atoms with Gasteiger partial charge in [-0.3, -0.25) is 4.79 Å². The molecule has 0 N–H and O–H groups in total. The fraction of sp³-hybridized carbons (Fsp3) is 0.419. The van der Waals surface area contributed by atoms with E-state index >= 15 is 0 Å². The monoisotopic (exact) mass is 517 g/mol. The number of esters is 1. The van der Waals surface area contributed by atoms with Crippen LogP contribution < -0.4 is 4.74 Å². The zero-order chi connectivity index (χ0) is 26.8. The van der Waals surface area contributed by atoms with Crippen molar-refractivity contribution in [3.63, 3.8) is 0 Å². The number of nitrogens with zero attached hydrogens (tertiary/aromatic N) is 1. The number of methoxy groups -OCH3 is 1. The standard InChI is InChI=1S/C31H35NO6/c1-5-36-31(34)24-18-32-25(19(2)3)13-21-15-29(37-12-8-11-35-4)23(16-22(21)26(32)17-27(24)33)30-14-20-9-6-7-10-28(20)38-30/h6-7,9-10,14-16,18-19,25-26H,5,8,11-13,17H2,1-4H3. The summed E-state index contributed by atoms with van der Waals surface area (Å²) in [5.74, 6) is 1.05. The van der Waals surface area contributed by atoms with Gasteiger partial charge in [0.15, 0.2) is 5.78 Å². The van der Waals surface area contributed by atoms with Crippen molar-refractivity contribution in [3.8, 4) is 17.1 Å². The number of carbonyl (C=O) groups excluding carboxylic acids is 2. The van der Waals surface area contributed by atoms with Crippen molar-refractivity contribution in [2.75, 3.05) is 26.9 Å². The van der Waals surface area contributed by atoms with Gasteiger partial charge in [0, 0.05) is 44.2 Å².